The van der Waals surface area contributed by atoms with Gasteiger partial charge in [0.2, 0.25) is 11.8 Å². The van der Waals surface area contributed by atoms with E-state index in [9.17, 15) is 9.59 Å². The number of nitrogens with zero attached hydrogens (tertiary/aromatic N) is 5. The highest BCUT2D eigenvalue weighted by atomic mass is 16.5. The molecule has 1 N–H and O–H groups in total. The monoisotopic (exact) mass is 472 g/mol. The van der Waals surface area contributed by atoms with Crippen LogP contribution in [0.2, 0.25) is 0 Å². The highest BCUT2D eigenvalue weighted by Crippen LogP contribution is 2.23. The first-order valence-corrected chi connectivity index (χ1v) is 11.5. The van der Waals surface area contributed by atoms with Crippen molar-refractivity contribution in [2.75, 3.05) is 26.8 Å². The van der Waals surface area contributed by atoms with Crippen molar-refractivity contribution < 1.29 is 14.3 Å². The number of pyridine rings is 1. The number of aromatic nitrogens is 4. The van der Waals surface area contributed by atoms with E-state index in [0.717, 1.165) is 11.1 Å². The van der Waals surface area contributed by atoms with E-state index in [-0.39, 0.29) is 18.4 Å². The fourth-order valence-corrected chi connectivity index (χ4v) is 3.94. The molecule has 0 aliphatic carbocycles. The molecule has 0 saturated heterocycles. The van der Waals surface area contributed by atoms with E-state index in [0.29, 0.717) is 37.2 Å². The molecule has 9 heteroatoms. The second-order valence-corrected chi connectivity index (χ2v) is 8.03. The first-order chi connectivity index (χ1) is 17.2. The summed E-state index contributed by atoms with van der Waals surface area (Å²) >= 11 is 0. The number of fused-ring (bicyclic) bond motifs is 1. The smallest absolute Gasteiger partial charge is 0.247 e. The van der Waals surface area contributed by atoms with Crippen molar-refractivity contribution >= 4 is 22.8 Å². The number of ether oxygens (including phenoxy) is 1. The Labute approximate surface area is 203 Å². The molecule has 180 valence electrons. The maximum Gasteiger partial charge on any atom is 0.247 e. The molecule has 0 unspecified atom stereocenters. The molecule has 0 bridgehead atoms. The average Bonchev–Trinajstić information content (AvgIpc) is 3.30. The Bertz CT molecular complexity index is 1250. The summed E-state index contributed by atoms with van der Waals surface area (Å²) < 4.78 is 6.65. The van der Waals surface area contributed by atoms with Crippen LogP contribution in [-0.2, 0) is 27.3 Å². The van der Waals surface area contributed by atoms with Gasteiger partial charge in [0.25, 0.3) is 0 Å². The van der Waals surface area contributed by atoms with Crippen molar-refractivity contribution in [2.45, 2.75) is 19.0 Å². The lowest BCUT2D eigenvalue weighted by molar-refractivity contribution is -0.141. The number of hydrogen-bond donors (Lipinski definition) is 1. The second kappa shape index (κ2) is 11.8. The first kappa shape index (κ1) is 24.0. The molecule has 2 aromatic heterocycles. The Balaban J connectivity index is 1.65. The van der Waals surface area contributed by atoms with Crippen LogP contribution in [0.25, 0.3) is 11.0 Å². The molecular formula is C26H28N6O3. The number of carbonyl (C=O) groups excluding carboxylic acids is 2. The lowest BCUT2D eigenvalue weighted by Gasteiger charge is -2.31. The van der Waals surface area contributed by atoms with Crippen LogP contribution in [0.15, 0.2) is 79.1 Å². The van der Waals surface area contributed by atoms with Crippen LogP contribution in [0.1, 0.15) is 17.2 Å². The number of benzene rings is 2. The fraction of sp³-hybridized carbons (Fsp3) is 0.269. The minimum absolute atomic E-state index is 0.0394. The molecule has 2 amide bonds. The summed E-state index contributed by atoms with van der Waals surface area (Å²) in [6.07, 6.45) is 3.84. The van der Waals surface area contributed by atoms with E-state index < -0.39 is 6.04 Å². The predicted molar refractivity (Wildman–Crippen MR) is 131 cm³/mol. The van der Waals surface area contributed by atoms with Crippen molar-refractivity contribution in [3.63, 3.8) is 0 Å². The van der Waals surface area contributed by atoms with Crippen LogP contribution in [0.3, 0.4) is 0 Å². The normalized spacial score (nSPS) is 11.8. The van der Waals surface area contributed by atoms with Gasteiger partial charge in [0.15, 0.2) is 0 Å². The number of amides is 2. The van der Waals surface area contributed by atoms with E-state index in [1.54, 1.807) is 41.2 Å². The molecule has 9 nitrogen and oxygen atoms in total. The van der Waals surface area contributed by atoms with Gasteiger partial charge < -0.3 is 15.0 Å². The van der Waals surface area contributed by atoms with Crippen LogP contribution >= 0.6 is 0 Å². The maximum atomic E-state index is 13.7. The minimum Gasteiger partial charge on any atom is -0.383 e. The van der Waals surface area contributed by atoms with Gasteiger partial charge in [-0.2, -0.15) is 0 Å². The summed E-state index contributed by atoms with van der Waals surface area (Å²) in [6, 6.07) is 20.0. The van der Waals surface area contributed by atoms with Crippen LogP contribution in [0.5, 0.6) is 0 Å². The SMILES string of the molecule is COCCNC(=O)[C@H](c1ccncc1)N(CCc1ccccc1)C(=O)Cn1nnc2ccccc21. The molecule has 0 aliphatic rings. The van der Waals surface area contributed by atoms with E-state index in [1.165, 1.54) is 0 Å². The fourth-order valence-electron chi connectivity index (χ4n) is 3.94. The summed E-state index contributed by atoms with van der Waals surface area (Å²) in [5, 5.41) is 11.2. The molecule has 0 fully saturated rings. The highest BCUT2D eigenvalue weighted by Gasteiger charge is 2.31. The van der Waals surface area contributed by atoms with Gasteiger partial charge in [0.1, 0.15) is 18.1 Å². The first-order valence-electron chi connectivity index (χ1n) is 11.5. The summed E-state index contributed by atoms with van der Waals surface area (Å²) in [5.41, 5.74) is 3.22. The highest BCUT2D eigenvalue weighted by molar-refractivity contribution is 5.89. The van der Waals surface area contributed by atoms with E-state index in [4.69, 9.17) is 4.74 Å². The standard InChI is InChI=1S/C26H28N6O3/c1-35-18-16-28-26(34)25(21-11-14-27-15-12-21)31(17-13-20-7-3-2-4-8-20)24(33)19-32-23-10-6-5-9-22(23)29-30-32/h2-12,14-15,25H,13,16-19H2,1H3,(H,28,34)/t25-/m0/s1. The Kier molecular flexibility index (Phi) is 8.13. The molecular weight excluding hydrogens is 444 g/mol. The van der Waals surface area contributed by atoms with Crippen molar-refractivity contribution in [1.29, 1.82) is 0 Å². The topological polar surface area (TPSA) is 102 Å². The number of methoxy groups -OCH3 is 1. The Hall–Kier alpha value is -4.11. The van der Waals surface area contributed by atoms with Gasteiger partial charge in [-0.3, -0.25) is 14.6 Å². The van der Waals surface area contributed by atoms with E-state index >= 15 is 0 Å². The van der Waals surface area contributed by atoms with Crippen molar-refractivity contribution in [3.05, 3.63) is 90.3 Å². The third-order valence-electron chi connectivity index (χ3n) is 5.70. The quantitative estimate of drug-likeness (QED) is 0.336. The lowest BCUT2D eigenvalue weighted by atomic mass is 10.0. The molecule has 0 spiro atoms. The van der Waals surface area contributed by atoms with E-state index in [1.807, 2.05) is 54.6 Å². The number of hydrogen-bond acceptors (Lipinski definition) is 6. The molecule has 2 heterocycles. The zero-order valence-electron chi connectivity index (χ0n) is 19.6. The maximum absolute atomic E-state index is 13.7. The lowest BCUT2D eigenvalue weighted by Crippen LogP contribution is -2.46. The Morgan fingerprint density at radius 2 is 1.77 bits per heavy atom. The summed E-state index contributed by atoms with van der Waals surface area (Å²) in [4.78, 5) is 32.8. The summed E-state index contributed by atoms with van der Waals surface area (Å²) in [5.74, 6) is -0.515. The van der Waals surface area contributed by atoms with Gasteiger partial charge in [-0.25, -0.2) is 4.68 Å². The second-order valence-electron chi connectivity index (χ2n) is 8.03. The molecule has 4 aromatic rings. The molecule has 2 aromatic carbocycles. The van der Waals surface area contributed by atoms with Crippen LogP contribution < -0.4 is 5.32 Å². The Morgan fingerprint density at radius 1 is 1.03 bits per heavy atom. The average molecular weight is 473 g/mol. The van der Waals surface area contributed by atoms with Gasteiger partial charge in [-0.1, -0.05) is 47.7 Å². The van der Waals surface area contributed by atoms with Gasteiger partial charge in [-0.15, -0.1) is 5.10 Å². The van der Waals surface area contributed by atoms with Crippen LogP contribution in [0, 0.1) is 0 Å². The van der Waals surface area contributed by atoms with Crippen molar-refractivity contribution in [2.24, 2.45) is 0 Å². The van der Waals surface area contributed by atoms with Gasteiger partial charge in [-0.05, 0) is 41.8 Å². The van der Waals surface area contributed by atoms with Gasteiger partial charge >= 0.3 is 0 Å². The number of rotatable bonds is 11. The number of nitrogens with one attached hydrogen (secondary N) is 1. The molecule has 4 rings (SSSR count). The molecule has 35 heavy (non-hydrogen) atoms. The molecule has 0 aliphatic heterocycles. The number of para-hydroxylation sites is 1. The van der Waals surface area contributed by atoms with Crippen LogP contribution in [-0.4, -0.2) is 63.5 Å². The van der Waals surface area contributed by atoms with E-state index in [2.05, 4.69) is 20.6 Å². The molecule has 0 radical (unpaired) electrons. The molecule has 1 atom stereocenters. The van der Waals surface area contributed by atoms with Crippen LogP contribution in [0.4, 0.5) is 0 Å². The third-order valence-corrected chi connectivity index (χ3v) is 5.70. The zero-order valence-corrected chi connectivity index (χ0v) is 19.6. The third kappa shape index (κ3) is 6.07. The number of carbonyl (C=O) groups is 2. The predicted octanol–water partition coefficient (Wildman–Crippen LogP) is 2.40. The van der Waals surface area contributed by atoms with Crippen molar-refractivity contribution in [1.82, 2.24) is 30.2 Å². The van der Waals surface area contributed by atoms with Crippen molar-refractivity contribution in [3.8, 4) is 0 Å². The molecule has 0 saturated carbocycles. The zero-order chi connectivity index (χ0) is 24.5. The minimum atomic E-state index is -0.833. The van der Waals surface area contributed by atoms with Gasteiger partial charge in [0.05, 0.1) is 12.1 Å². The summed E-state index contributed by atoms with van der Waals surface area (Å²) in [7, 11) is 1.57. The summed E-state index contributed by atoms with van der Waals surface area (Å²) in [6.45, 7) is 1.02. The Morgan fingerprint density at radius 3 is 2.54 bits per heavy atom. The van der Waals surface area contributed by atoms with Gasteiger partial charge in [0, 0.05) is 32.6 Å². The largest absolute Gasteiger partial charge is 0.383 e.